The Morgan fingerprint density at radius 1 is 0.953 bits per heavy atom. The molecule has 43 heavy (non-hydrogen) atoms. The first-order chi connectivity index (χ1) is 20.6. The van der Waals surface area contributed by atoms with Gasteiger partial charge in [-0.1, -0.05) is 5.16 Å². The Hall–Kier alpha value is -5.24. The molecule has 0 unspecified atom stereocenters. The molecule has 0 aliphatic carbocycles. The van der Waals surface area contributed by atoms with E-state index < -0.39 is 10.0 Å². The summed E-state index contributed by atoms with van der Waals surface area (Å²) in [5.41, 5.74) is 20.2. The zero-order chi connectivity index (χ0) is 31.0. The fraction of sp³-hybridized carbons (Fsp3) is 0.207. The van der Waals surface area contributed by atoms with Crippen LogP contribution < -0.4 is 31.4 Å². The fourth-order valence-electron chi connectivity index (χ4n) is 4.06. The van der Waals surface area contributed by atoms with Gasteiger partial charge in [0.05, 0.1) is 18.1 Å². The topological polar surface area (TPSA) is 199 Å². The van der Waals surface area contributed by atoms with E-state index in [1.807, 2.05) is 55.1 Å². The fourth-order valence-corrected chi connectivity index (χ4v) is 5.04. The Balaban J connectivity index is 0.000000215. The number of hydrogen-bond acceptors (Lipinski definition) is 11. The van der Waals surface area contributed by atoms with Gasteiger partial charge in [-0.25, -0.2) is 13.4 Å². The number of rotatable bonds is 10. The lowest BCUT2D eigenvalue weighted by Crippen LogP contribution is -2.13. The first-order valence-electron chi connectivity index (χ1n) is 13.3. The van der Waals surface area contributed by atoms with E-state index in [4.69, 9.17) is 31.2 Å². The zero-order valence-corrected chi connectivity index (χ0v) is 24.8. The van der Waals surface area contributed by atoms with Crippen LogP contribution in [0.15, 0.2) is 82.6 Å². The van der Waals surface area contributed by atoms with Crippen LogP contribution in [-0.2, 0) is 16.4 Å². The van der Waals surface area contributed by atoms with Crippen molar-refractivity contribution >= 4 is 33.3 Å². The smallest absolute Gasteiger partial charge is 0.263 e. The summed E-state index contributed by atoms with van der Waals surface area (Å²) < 4.78 is 44.6. The molecule has 5 rings (SSSR count). The summed E-state index contributed by atoms with van der Waals surface area (Å²) in [4.78, 5) is 8.17. The molecule has 3 heterocycles. The molecule has 0 aliphatic heterocycles. The molecule has 0 amide bonds. The number of nitrogens with two attached hydrogens (primary N) is 3. The molecule has 2 aromatic carbocycles. The van der Waals surface area contributed by atoms with Gasteiger partial charge in [0.2, 0.25) is 5.95 Å². The molecule has 0 saturated heterocycles. The van der Waals surface area contributed by atoms with E-state index in [0.717, 1.165) is 28.3 Å². The molecule has 5 aromatic rings. The number of benzene rings is 2. The summed E-state index contributed by atoms with van der Waals surface area (Å²) in [5.74, 6) is 2.72. The van der Waals surface area contributed by atoms with Crippen LogP contribution >= 0.6 is 0 Å². The van der Waals surface area contributed by atoms with Gasteiger partial charge in [-0.05, 0) is 74.9 Å². The van der Waals surface area contributed by atoms with Crippen LogP contribution in [0.2, 0.25) is 0 Å². The maximum Gasteiger partial charge on any atom is 0.263 e. The maximum absolute atomic E-state index is 11.9. The van der Waals surface area contributed by atoms with E-state index in [9.17, 15) is 8.42 Å². The van der Waals surface area contributed by atoms with Crippen molar-refractivity contribution in [1.82, 2.24) is 19.7 Å². The molecule has 226 valence electrons. The van der Waals surface area contributed by atoms with Crippen LogP contribution in [0.3, 0.4) is 0 Å². The zero-order valence-electron chi connectivity index (χ0n) is 24.0. The number of nitrogen functional groups attached to an aromatic ring is 3. The third kappa shape index (κ3) is 7.95. The molecule has 0 spiro atoms. The second-order valence-corrected chi connectivity index (χ2v) is 10.9. The third-order valence-corrected chi connectivity index (χ3v) is 7.30. The van der Waals surface area contributed by atoms with Crippen LogP contribution in [-0.4, -0.2) is 41.3 Å². The minimum absolute atomic E-state index is 0.118. The average molecular weight is 607 g/mol. The van der Waals surface area contributed by atoms with Gasteiger partial charge >= 0.3 is 0 Å². The Morgan fingerprint density at radius 2 is 1.58 bits per heavy atom. The number of nitrogens with one attached hydrogen (secondary N) is 1. The van der Waals surface area contributed by atoms with Crippen molar-refractivity contribution in [1.29, 1.82) is 0 Å². The predicted molar refractivity (Wildman–Crippen MR) is 165 cm³/mol. The van der Waals surface area contributed by atoms with Gasteiger partial charge in [0.25, 0.3) is 10.0 Å². The van der Waals surface area contributed by atoms with E-state index in [0.29, 0.717) is 36.9 Å². The Labute approximate surface area is 249 Å². The summed E-state index contributed by atoms with van der Waals surface area (Å²) in [6.07, 6.45) is 6.13. The number of ether oxygens (including phenoxy) is 2. The lowest BCUT2D eigenvalue weighted by Gasteiger charge is -2.18. The van der Waals surface area contributed by atoms with E-state index in [-0.39, 0.29) is 16.7 Å². The van der Waals surface area contributed by atoms with E-state index in [1.54, 1.807) is 13.1 Å². The van der Waals surface area contributed by atoms with Crippen LogP contribution in [0, 0.1) is 6.92 Å². The predicted octanol–water partition coefficient (Wildman–Crippen LogP) is 4.19. The van der Waals surface area contributed by atoms with Gasteiger partial charge in [-0.15, -0.1) is 0 Å². The molecule has 0 saturated carbocycles. The standard InChI is InChI=1S/C19H23N5O2.C10H11N3O3S/c1-3-25-15-10-13(9-14-12-22-19(21)23-18(14)20)11-16(26-4-2)17(15)24-7-5-6-8-24;1-7-6-10(12-16-7)13-17(14,15)9-4-2-8(11)3-5-9/h5-8,10-12H,3-4,9H2,1-2H3,(H4,20,21,22,23);2-6H,11H2,1H3,(H,12,13). The van der Waals surface area contributed by atoms with Crippen molar-refractivity contribution in [2.24, 2.45) is 0 Å². The van der Waals surface area contributed by atoms with Crippen molar-refractivity contribution < 1.29 is 22.4 Å². The van der Waals surface area contributed by atoms with Gasteiger partial charge in [0.1, 0.15) is 28.8 Å². The van der Waals surface area contributed by atoms with Crippen molar-refractivity contribution in [3.05, 3.63) is 90.1 Å². The number of nitrogens with zero attached hydrogens (tertiary/aromatic N) is 4. The molecule has 14 heteroatoms. The highest BCUT2D eigenvalue weighted by Gasteiger charge is 2.17. The normalized spacial score (nSPS) is 11.0. The SMILES string of the molecule is CCOc1cc(Cc2cnc(N)nc2N)cc(OCC)c1-n1cccc1.Cc1cc(NS(=O)(=O)c2ccc(N)cc2)no1. The monoisotopic (exact) mass is 606 g/mol. The molecule has 0 fully saturated rings. The number of anilines is 4. The van der Waals surface area contributed by atoms with Crippen molar-refractivity contribution in [3.63, 3.8) is 0 Å². The summed E-state index contributed by atoms with van der Waals surface area (Å²) in [7, 11) is -3.64. The van der Waals surface area contributed by atoms with E-state index >= 15 is 0 Å². The minimum Gasteiger partial charge on any atom is -0.492 e. The number of sulfonamides is 1. The first-order valence-corrected chi connectivity index (χ1v) is 14.8. The quantitative estimate of drug-likeness (QED) is 0.166. The number of hydrogen-bond donors (Lipinski definition) is 4. The summed E-state index contributed by atoms with van der Waals surface area (Å²) in [5, 5.41) is 3.55. The molecule has 7 N–H and O–H groups in total. The Morgan fingerprint density at radius 3 is 2.12 bits per heavy atom. The van der Waals surface area contributed by atoms with Crippen LogP contribution in [0.4, 0.5) is 23.3 Å². The average Bonchev–Trinajstić information content (AvgIpc) is 3.63. The first kappa shape index (κ1) is 30.7. The van der Waals surface area contributed by atoms with Gasteiger partial charge in [0, 0.05) is 42.3 Å². The molecule has 0 atom stereocenters. The largest absolute Gasteiger partial charge is 0.492 e. The van der Waals surface area contributed by atoms with Crippen LogP contribution in [0.25, 0.3) is 5.69 Å². The van der Waals surface area contributed by atoms with Crippen molar-refractivity contribution in [2.75, 3.05) is 35.1 Å². The van der Waals surface area contributed by atoms with Crippen molar-refractivity contribution in [2.45, 2.75) is 32.1 Å². The van der Waals surface area contributed by atoms with Crippen molar-refractivity contribution in [3.8, 4) is 17.2 Å². The molecule has 13 nitrogen and oxygen atoms in total. The lowest BCUT2D eigenvalue weighted by molar-refractivity contribution is 0.320. The Bertz CT molecular complexity index is 1730. The molecular formula is C29H34N8O5S. The summed E-state index contributed by atoms with van der Waals surface area (Å²) in [6, 6.07) is 15.3. The van der Waals surface area contributed by atoms with E-state index in [1.165, 1.54) is 30.3 Å². The van der Waals surface area contributed by atoms with Crippen LogP contribution in [0.5, 0.6) is 11.5 Å². The molecular weight excluding hydrogens is 572 g/mol. The van der Waals surface area contributed by atoms with Gasteiger partial charge in [-0.2, -0.15) is 4.98 Å². The second kappa shape index (κ2) is 13.6. The summed E-state index contributed by atoms with van der Waals surface area (Å²) >= 11 is 0. The lowest BCUT2D eigenvalue weighted by atomic mass is 10.0. The highest BCUT2D eigenvalue weighted by atomic mass is 32.2. The Kier molecular flexibility index (Phi) is 9.72. The number of aromatic nitrogens is 4. The van der Waals surface area contributed by atoms with Gasteiger partial charge in [0.15, 0.2) is 5.82 Å². The molecule has 0 radical (unpaired) electrons. The van der Waals surface area contributed by atoms with Crippen LogP contribution in [0.1, 0.15) is 30.7 Å². The minimum atomic E-state index is -3.64. The third-order valence-electron chi connectivity index (χ3n) is 5.93. The second-order valence-electron chi connectivity index (χ2n) is 9.21. The molecule has 0 bridgehead atoms. The van der Waals surface area contributed by atoms with E-state index in [2.05, 4.69) is 19.8 Å². The van der Waals surface area contributed by atoms with Gasteiger partial charge in [-0.3, -0.25) is 4.72 Å². The highest BCUT2D eigenvalue weighted by molar-refractivity contribution is 7.92. The molecule has 0 aliphatic rings. The summed E-state index contributed by atoms with van der Waals surface area (Å²) in [6.45, 7) is 6.69. The number of aryl methyl sites for hydroxylation is 1. The molecule has 3 aromatic heterocycles. The highest BCUT2D eigenvalue weighted by Crippen LogP contribution is 2.36. The maximum atomic E-state index is 11.9. The van der Waals surface area contributed by atoms with Gasteiger partial charge < -0.3 is 35.8 Å².